The van der Waals surface area contributed by atoms with Crippen molar-refractivity contribution in [1.29, 1.82) is 0 Å². The fourth-order valence-corrected chi connectivity index (χ4v) is 2.19. The Morgan fingerprint density at radius 1 is 1.12 bits per heavy atom. The molecule has 8 heteroatoms. The van der Waals surface area contributed by atoms with E-state index in [-0.39, 0.29) is 5.56 Å². The summed E-state index contributed by atoms with van der Waals surface area (Å²) in [5.74, 6) is -1.19. The van der Waals surface area contributed by atoms with Gasteiger partial charge >= 0.3 is 12.1 Å². The predicted octanol–water partition coefficient (Wildman–Crippen LogP) is 3.82. The van der Waals surface area contributed by atoms with Gasteiger partial charge in [-0.25, -0.2) is 4.79 Å². The van der Waals surface area contributed by atoms with E-state index in [1.807, 2.05) is 0 Å². The Bertz CT molecular complexity index is 818. The van der Waals surface area contributed by atoms with Crippen molar-refractivity contribution in [3.63, 3.8) is 0 Å². The van der Waals surface area contributed by atoms with Gasteiger partial charge in [-0.2, -0.15) is 13.2 Å². The van der Waals surface area contributed by atoms with E-state index in [0.29, 0.717) is 5.75 Å². The summed E-state index contributed by atoms with van der Waals surface area (Å²) < 4.78 is 48.6. The van der Waals surface area contributed by atoms with Crippen molar-refractivity contribution in [2.45, 2.75) is 13.1 Å². The Morgan fingerprint density at radius 2 is 1.81 bits per heavy atom. The first kappa shape index (κ1) is 19.3. The number of benzene rings is 2. The van der Waals surface area contributed by atoms with Gasteiger partial charge in [-0.15, -0.1) is 0 Å². The fraction of sp³-hybridized carbons (Fsp3) is 0.222. The highest BCUT2D eigenvalue weighted by Gasteiger charge is 2.33. The van der Waals surface area contributed by atoms with Crippen LogP contribution in [0.2, 0.25) is 0 Å². The van der Waals surface area contributed by atoms with Crippen LogP contribution in [0.1, 0.15) is 21.5 Å². The molecule has 0 aliphatic heterocycles. The minimum Gasteiger partial charge on any atom is -0.496 e. The highest BCUT2D eigenvalue weighted by molar-refractivity contribution is 5.96. The van der Waals surface area contributed by atoms with Crippen LogP contribution in [-0.2, 0) is 15.7 Å². The van der Waals surface area contributed by atoms with Gasteiger partial charge < -0.3 is 14.8 Å². The second-order valence-electron chi connectivity index (χ2n) is 5.35. The number of nitrogens with one attached hydrogen (secondary N) is 1. The predicted molar refractivity (Wildman–Crippen MR) is 88.1 cm³/mol. The van der Waals surface area contributed by atoms with E-state index in [2.05, 4.69) is 5.32 Å². The molecule has 26 heavy (non-hydrogen) atoms. The fourth-order valence-electron chi connectivity index (χ4n) is 2.19. The number of halogens is 3. The highest BCUT2D eigenvalue weighted by atomic mass is 19.4. The van der Waals surface area contributed by atoms with Crippen LogP contribution in [0.15, 0.2) is 42.5 Å². The normalized spacial score (nSPS) is 11.0. The van der Waals surface area contributed by atoms with Crippen LogP contribution in [0.3, 0.4) is 0 Å². The first-order valence-corrected chi connectivity index (χ1v) is 7.50. The minimum absolute atomic E-state index is 0.163. The van der Waals surface area contributed by atoms with E-state index < -0.39 is 35.9 Å². The summed E-state index contributed by atoms with van der Waals surface area (Å²) in [6, 6.07) is 9.13. The lowest BCUT2D eigenvalue weighted by Crippen LogP contribution is -2.22. The SMILES string of the molecule is COc1cc(C(=O)OCC(=O)Nc2ccccc2C(F)(F)F)ccc1C. The molecule has 0 aliphatic carbocycles. The van der Waals surface area contributed by atoms with Gasteiger partial charge in [0.05, 0.1) is 23.9 Å². The van der Waals surface area contributed by atoms with Gasteiger partial charge in [-0.1, -0.05) is 18.2 Å². The zero-order valence-corrected chi connectivity index (χ0v) is 14.0. The van der Waals surface area contributed by atoms with Crippen LogP contribution in [0.4, 0.5) is 18.9 Å². The third kappa shape index (κ3) is 4.75. The lowest BCUT2D eigenvalue weighted by molar-refractivity contribution is -0.137. The molecule has 0 bridgehead atoms. The molecule has 0 aliphatic rings. The quantitative estimate of drug-likeness (QED) is 0.816. The van der Waals surface area contributed by atoms with Crippen LogP contribution in [0.25, 0.3) is 0 Å². The summed E-state index contributed by atoms with van der Waals surface area (Å²) in [5, 5.41) is 2.09. The third-order valence-corrected chi connectivity index (χ3v) is 3.48. The van der Waals surface area contributed by atoms with Crippen LogP contribution in [-0.4, -0.2) is 25.6 Å². The van der Waals surface area contributed by atoms with Crippen molar-refractivity contribution in [3.05, 3.63) is 59.2 Å². The van der Waals surface area contributed by atoms with Crippen molar-refractivity contribution < 1.29 is 32.2 Å². The zero-order valence-electron chi connectivity index (χ0n) is 14.0. The largest absolute Gasteiger partial charge is 0.496 e. The summed E-state index contributed by atoms with van der Waals surface area (Å²) in [4.78, 5) is 23.8. The number of alkyl halides is 3. The molecule has 0 radical (unpaired) electrons. The van der Waals surface area contributed by atoms with Gasteiger partial charge in [0.15, 0.2) is 6.61 Å². The molecule has 0 aromatic heterocycles. The van der Waals surface area contributed by atoms with Crippen LogP contribution < -0.4 is 10.1 Å². The van der Waals surface area contributed by atoms with Crippen LogP contribution >= 0.6 is 0 Å². The molecular formula is C18H16F3NO4. The van der Waals surface area contributed by atoms with E-state index in [1.165, 1.54) is 31.4 Å². The van der Waals surface area contributed by atoms with Gasteiger partial charge in [0.25, 0.3) is 5.91 Å². The summed E-state index contributed by atoms with van der Waals surface area (Å²) in [7, 11) is 1.45. The number of para-hydroxylation sites is 1. The molecule has 2 aromatic rings. The molecule has 0 fully saturated rings. The third-order valence-electron chi connectivity index (χ3n) is 3.48. The first-order chi connectivity index (χ1) is 12.2. The Morgan fingerprint density at radius 3 is 2.46 bits per heavy atom. The summed E-state index contributed by atoms with van der Waals surface area (Å²) in [6.45, 7) is 1.07. The molecule has 0 heterocycles. The van der Waals surface area contributed by atoms with Crippen LogP contribution in [0, 0.1) is 6.92 Å². The number of ether oxygens (including phenoxy) is 2. The molecule has 2 rings (SSSR count). The molecule has 2 aromatic carbocycles. The summed E-state index contributed by atoms with van der Waals surface area (Å²) in [6.07, 6.45) is -4.61. The molecular weight excluding hydrogens is 351 g/mol. The maximum atomic E-state index is 12.9. The number of aryl methyl sites for hydroxylation is 1. The standard InChI is InChI=1S/C18H16F3NO4/c1-11-7-8-12(9-15(11)25-2)17(24)26-10-16(23)22-14-6-4-3-5-13(14)18(19,20)21/h3-9H,10H2,1-2H3,(H,22,23). The molecule has 0 saturated heterocycles. The molecule has 138 valence electrons. The van der Waals surface area contributed by atoms with Gasteiger partial charge in [0, 0.05) is 0 Å². The van der Waals surface area contributed by atoms with Crippen molar-refractivity contribution in [1.82, 2.24) is 0 Å². The topological polar surface area (TPSA) is 64.6 Å². The number of carbonyl (C=O) groups excluding carboxylic acids is 2. The van der Waals surface area contributed by atoms with E-state index in [1.54, 1.807) is 13.0 Å². The molecule has 0 spiro atoms. The van der Waals surface area contributed by atoms with Crippen molar-refractivity contribution >= 4 is 17.6 Å². The molecule has 0 saturated carbocycles. The van der Waals surface area contributed by atoms with Crippen molar-refractivity contribution in [2.24, 2.45) is 0 Å². The van der Waals surface area contributed by atoms with Gasteiger partial charge in [-0.3, -0.25) is 4.79 Å². The second-order valence-corrected chi connectivity index (χ2v) is 5.35. The van der Waals surface area contributed by atoms with Gasteiger partial charge in [0.2, 0.25) is 0 Å². The second kappa shape index (κ2) is 7.90. The Labute approximate surface area is 147 Å². The van der Waals surface area contributed by atoms with E-state index in [9.17, 15) is 22.8 Å². The average molecular weight is 367 g/mol. The van der Waals surface area contributed by atoms with Gasteiger partial charge in [0.1, 0.15) is 5.75 Å². The number of hydrogen-bond donors (Lipinski definition) is 1. The summed E-state index contributed by atoms with van der Waals surface area (Å²) in [5.41, 5.74) is -0.414. The first-order valence-electron chi connectivity index (χ1n) is 7.50. The summed E-state index contributed by atoms with van der Waals surface area (Å²) >= 11 is 0. The van der Waals surface area contributed by atoms with Gasteiger partial charge in [-0.05, 0) is 36.8 Å². The minimum atomic E-state index is -4.61. The maximum absolute atomic E-state index is 12.9. The molecule has 1 N–H and O–H groups in total. The molecule has 5 nitrogen and oxygen atoms in total. The monoisotopic (exact) mass is 367 g/mol. The number of amides is 1. The highest BCUT2D eigenvalue weighted by Crippen LogP contribution is 2.34. The molecule has 0 unspecified atom stereocenters. The zero-order chi connectivity index (χ0) is 19.3. The number of esters is 1. The Balaban J connectivity index is 2.00. The van der Waals surface area contributed by atoms with E-state index >= 15 is 0 Å². The maximum Gasteiger partial charge on any atom is 0.418 e. The number of anilines is 1. The number of rotatable bonds is 5. The Kier molecular flexibility index (Phi) is 5.86. The van der Waals surface area contributed by atoms with E-state index in [0.717, 1.165) is 17.7 Å². The van der Waals surface area contributed by atoms with Crippen LogP contribution in [0.5, 0.6) is 5.75 Å². The van der Waals surface area contributed by atoms with E-state index in [4.69, 9.17) is 9.47 Å². The lowest BCUT2D eigenvalue weighted by atomic mass is 10.1. The average Bonchev–Trinajstić information content (AvgIpc) is 2.59. The van der Waals surface area contributed by atoms with Crippen molar-refractivity contribution in [3.8, 4) is 5.75 Å². The number of carbonyl (C=O) groups is 2. The number of hydrogen-bond acceptors (Lipinski definition) is 4. The molecule has 1 amide bonds. The lowest BCUT2D eigenvalue weighted by Gasteiger charge is -2.13. The molecule has 0 atom stereocenters. The Hall–Kier alpha value is -3.03. The van der Waals surface area contributed by atoms with Crippen molar-refractivity contribution in [2.75, 3.05) is 19.0 Å². The number of methoxy groups -OCH3 is 1. The smallest absolute Gasteiger partial charge is 0.418 e.